The summed E-state index contributed by atoms with van der Waals surface area (Å²) >= 11 is 12.0. The predicted octanol–water partition coefficient (Wildman–Crippen LogP) is 5.07. The summed E-state index contributed by atoms with van der Waals surface area (Å²) in [5, 5.41) is 3.05. The lowest BCUT2D eigenvalue weighted by Crippen LogP contribution is -2.26. The number of amides is 1. The Bertz CT molecular complexity index is 1120. The van der Waals surface area contributed by atoms with Gasteiger partial charge in [0.25, 0.3) is 15.9 Å². The smallest absolute Gasteiger partial charge is 0.264 e. The fourth-order valence-electron chi connectivity index (χ4n) is 2.55. The summed E-state index contributed by atoms with van der Waals surface area (Å²) in [6.07, 6.45) is 0. The van der Waals surface area contributed by atoms with E-state index in [1.807, 2.05) is 0 Å². The van der Waals surface area contributed by atoms with E-state index < -0.39 is 15.9 Å². The summed E-state index contributed by atoms with van der Waals surface area (Å²) in [7, 11) is -2.32. The molecule has 28 heavy (non-hydrogen) atoms. The van der Waals surface area contributed by atoms with Crippen LogP contribution < -0.4 is 9.62 Å². The van der Waals surface area contributed by atoms with E-state index in [9.17, 15) is 13.2 Å². The van der Waals surface area contributed by atoms with Gasteiger partial charge in [-0.3, -0.25) is 9.10 Å². The molecule has 0 bridgehead atoms. The summed E-state index contributed by atoms with van der Waals surface area (Å²) < 4.78 is 27.0. The summed E-state index contributed by atoms with van der Waals surface area (Å²) in [4.78, 5) is 12.5. The van der Waals surface area contributed by atoms with E-state index in [-0.39, 0.29) is 20.5 Å². The molecule has 0 fully saturated rings. The van der Waals surface area contributed by atoms with Crippen molar-refractivity contribution in [3.8, 4) is 0 Å². The van der Waals surface area contributed by atoms with Crippen molar-refractivity contribution < 1.29 is 13.2 Å². The van der Waals surface area contributed by atoms with Gasteiger partial charge >= 0.3 is 0 Å². The van der Waals surface area contributed by atoms with Crippen molar-refractivity contribution in [3.05, 3.63) is 88.4 Å². The van der Waals surface area contributed by atoms with Crippen LogP contribution in [0.25, 0.3) is 0 Å². The molecule has 0 spiro atoms. The van der Waals surface area contributed by atoms with Crippen LogP contribution in [0.3, 0.4) is 0 Å². The highest BCUT2D eigenvalue weighted by molar-refractivity contribution is 7.92. The largest absolute Gasteiger partial charge is 0.322 e. The molecule has 3 aromatic rings. The third-order valence-corrected chi connectivity index (χ3v) is 6.67. The molecular formula is C20H16Cl2N2O3S. The van der Waals surface area contributed by atoms with Crippen molar-refractivity contribution >= 4 is 50.5 Å². The quantitative estimate of drug-likeness (QED) is 0.609. The van der Waals surface area contributed by atoms with Crippen molar-refractivity contribution in [2.24, 2.45) is 0 Å². The molecule has 0 aliphatic rings. The van der Waals surface area contributed by atoms with Gasteiger partial charge in [-0.2, -0.15) is 0 Å². The number of hydrogen-bond donors (Lipinski definition) is 1. The van der Waals surface area contributed by atoms with Crippen LogP contribution in [0.1, 0.15) is 10.4 Å². The molecule has 0 saturated carbocycles. The van der Waals surface area contributed by atoms with Crippen molar-refractivity contribution in [2.45, 2.75) is 4.90 Å². The van der Waals surface area contributed by atoms with E-state index >= 15 is 0 Å². The molecule has 3 aromatic carbocycles. The normalized spacial score (nSPS) is 11.1. The fraction of sp³-hybridized carbons (Fsp3) is 0.0500. The molecule has 0 atom stereocenters. The van der Waals surface area contributed by atoms with Gasteiger partial charge in [-0.15, -0.1) is 0 Å². The van der Waals surface area contributed by atoms with Gasteiger partial charge in [-0.25, -0.2) is 8.42 Å². The first-order valence-electron chi connectivity index (χ1n) is 8.20. The molecule has 0 aromatic heterocycles. The molecule has 1 amide bonds. The van der Waals surface area contributed by atoms with Gasteiger partial charge < -0.3 is 5.32 Å². The van der Waals surface area contributed by atoms with E-state index in [2.05, 4.69) is 5.32 Å². The van der Waals surface area contributed by atoms with E-state index in [4.69, 9.17) is 23.2 Å². The first-order valence-corrected chi connectivity index (χ1v) is 10.4. The number of sulfonamides is 1. The first-order chi connectivity index (χ1) is 13.3. The van der Waals surface area contributed by atoms with E-state index in [0.717, 1.165) is 0 Å². The first kappa shape index (κ1) is 20.2. The van der Waals surface area contributed by atoms with Gasteiger partial charge in [0.05, 0.1) is 26.2 Å². The van der Waals surface area contributed by atoms with E-state index in [1.54, 1.807) is 54.6 Å². The Kier molecular flexibility index (Phi) is 5.93. The zero-order valence-electron chi connectivity index (χ0n) is 14.8. The number of nitrogens with one attached hydrogen (secondary N) is 1. The molecule has 144 valence electrons. The van der Waals surface area contributed by atoms with Gasteiger partial charge in [-0.1, -0.05) is 53.5 Å². The highest BCUT2D eigenvalue weighted by atomic mass is 35.5. The van der Waals surface area contributed by atoms with Crippen molar-refractivity contribution in [2.75, 3.05) is 16.7 Å². The average molecular weight is 435 g/mol. The summed E-state index contributed by atoms with van der Waals surface area (Å²) in [6, 6.07) is 19.5. The van der Waals surface area contributed by atoms with Gasteiger partial charge in [0.15, 0.2) is 0 Å². The maximum absolute atomic E-state index is 12.9. The van der Waals surface area contributed by atoms with Crippen LogP contribution in [0, 0.1) is 0 Å². The summed E-state index contributed by atoms with van der Waals surface area (Å²) in [5.41, 5.74) is 1.05. The molecule has 3 rings (SSSR count). The van der Waals surface area contributed by atoms with Crippen LogP contribution in [0.2, 0.25) is 10.0 Å². The van der Waals surface area contributed by atoms with Crippen LogP contribution in [-0.2, 0) is 10.0 Å². The fourth-order valence-corrected chi connectivity index (χ4v) is 4.17. The van der Waals surface area contributed by atoms with Crippen LogP contribution in [0.5, 0.6) is 0 Å². The summed E-state index contributed by atoms with van der Waals surface area (Å²) in [5.74, 6) is -0.488. The topological polar surface area (TPSA) is 66.5 Å². The third kappa shape index (κ3) is 4.14. The van der Waals surface area contributed by atoms with Gasteiger partial charge in [-0.05, 0) is 42.5 Å². The number of benzene rings is 3. The lowest BCUT2D eigenvalue weighted by molar-refractivity contribution is 0.102. The number of anilines is 2. The minimum Gasteiger partial charge on any atom is -0.322 e. The van der Waals surface area contributed by atoms with E-state index in [0.29, 0.717) is 11.4 Å². The number of hydrogen-bond acceptors (Lipinski definition) is 3. The molecule has 1 N–H and O–H groups in total. The molecule has 0 aliphatic heterocycles. The monoisotopic (exact) mass is 434 g/mol. The zero-order chi connectivity index (χ0) is 20.3. The van der Waals surface area contributed by atoms with Crippen LogP contribution in [0.15, 0.2) is 77.7 Å². The third-order valence-electron chi connectivity index (χ3n) is 4.07. The average Bonchev–Trinajstić information content (AvgIpc) is 2.70. The second-order valence-corrected chi connectivity index (χ2v) is 8.65. The number of para-hydroxylation sites is 1. The standard InChI is InChI=1S/C20H16Cl2N2O3S/c1-24(15-8-3-2-4-9-15)28(26,27)16-10-5-7-14(13-16)23-20(25)17-11-6-12-18(21)19(17)22/h2-13H,1H3,(H,23,25). The minimum atomic E-state index is -3.79. The second-order valence-electron chi connectivity index (χ2n) is 5.89. The Balaban J connectivity index is 1.88. The highest BCUT2D eigenvalue weighted by Gasteiger charge is 2.22. The number of halogens is 2. The maximum atomic E-state index is 12.9. The Morgan fingerprint density at radius 2 is 1.61 bits per heavy atom. The van der Waals surface area contributed by atoms with Gasteiger partial charge in [0, 0.05) is 12.7 Å². The second kappa shape index (κ2) is 8.22. The van der Waals surface area contributed by atoms with Gasteiger partial charge in [0.2, 0.25) is 0 Å². The number of carbonyl (C=O) groups is 1. The molecule has 0 saturated heterocycles. The highest BCUT2D eigenvalue weighted by Crippen LogP contribution is 2.27. The van der Waals surface area contributed by atoms with Crippen LogP contribution in [-0.4, -0.2) is 21.4 Å². The molecule has 5 nitrogen and oxygen atoms in total. The Labute approximate surface area is 173 Å². The lowest BCUT2D eigenvalue weighted by atomic mass is 10.2. The van der Waals surface area contributed by atoms with Crippen molar-refractivity contribution in [1.29, 1.82) is 0 Å². The molecule has 0 unspecified atom stereocenters. The van der Waals surface area contributed by atoms with Crippen molar-refractivity contribution in [1.82, 2.24) is 0 Å². The summed E-state index contributed by atoms with van der Waals surface area (Å²) in [6.45, 7) is 0. The Morgan fingerprint density at radius 1 is 0.929 bits per heavy atom. The van der Waals surface area contributed by atoms with Gasteiger partial charge in [0.1, 0.15) is 0 Å². The molecular weight excluding hydrogens is 419 g/mol. The molecule has 0 radical (unpaired) electrons. The predicted molar refractivity (Wildman–Crippen MR) is 113 cm³/mol. The molecule has 0 aliphatic carbocycles. The number of carbonyl (C=O) groups excluding carboxylic acids is 1. The maximum Gasteiger partial charge on any atom is 0.264 e. The minimum absolute atomic E-state index is 0.0499. The zero-order valence-corrected chi connectivity index (χ0v) is 17.1. The number of nitrogens with zero attached hydrogens (tertiary/aromatic N) is 1. The lowest BCUT2D eigenvalue weighted by Gasteiger charge is -2.20. The van der Waals surface area contributed by atoms with Crippen molar-refractivity contribution in [3.63, 3.8) is 0 Å². The number of rotatable bonds is 5. The Morgan fingerprint density at radius 3 is 2.32 bits per heavy atom. The molecule has 8 heteroatoms. The van der Waals surface area contributed by atoms with E-state index in [1.165, 1.54) is 29.6 Å². The SMILES string of the molecule is CN(c1ccccc1)S(=O)(=O)c1cccc(NC(=O)c2cccc(Cl)c2Cl)c1. The molecule has 0 heterocycles. The van der Waals surface area contributed by atoms with Crippen LogP contribution >= 0.6 is 23.2 Å². The van der Waals surface area contributed by atoms with Crippen LogP contribution in [0.4, 0.5) is 11.4 Å². The Hall–Kier alpha value is -2.54.